The Morgan fingerprint density at radius 3 is 2.38 bits per heavy atom. The maximum absolute atomic E-state index is 4.98. The first-order chi connectivity index (χ1) is 7.11. The van der Waals surface area contributed by atoms with Gasteiger partial charge in [0, 0.05) is 33.4 Å². The Kier molecular flexibility index (Phi) is 13.1. The van der Waals surface area contributed by atoms with Gasteiger partial charge in [0.15, 0.2) is 5.96 Å². The van der Waals surface area contributed by atoms with Gasteiger partial charge in [-0.25, -0.2) is 0 Å². The van der Waals surface area contributed by atoms with E-state index < -0.39 is 0 Å². The van der Waals surface area contributed by atoms with Crippen LogP contribution in [0.25, 0.3) is 0 Å². The molecule has 5 heteroatoms. The molecule has 0 spiro atoms. The minimum absolute atomic E-state index is 0. The Morgan fingerprint density at radius 1 is 1.31 bits per heavy atom. The molecule has 0 heterocycles. The number of hydrogen-bond acceptors (Lipinski definition) is 2. The zero-order valence-corrected chi connectivity index (χ0v) is 13.4. The lowest BCUT2D eigenvalue weighted by Crippen LogP contribution is -2.44. The molecule has 0 fully saturated rings. The molecule has 0 saturated carbocycles. The van der Waals surface area contributed by atoms with E-state index in [9.17, 15) is 0 Å². The first-order valence-electron chi connectivity index (χ1n) is 5.58. The topological polar surface area (TPSA) is 45.7 Å². The summed E-state index contributed by atoms with van der Waals surface area (Å²) in [6, 6.07) is 0.429. The molecule has 16 heavy (non-hydrogen) atoms. The molecule has 1 unspecified atom stereocenters. The molecule has 1 atom stereocenters. The van der Waals surface area contributed by atoms with E-state index in [4.69, 9.17) is 4.74 Å². The van der Waals surface area contributed by atoms with E-state index in [1.165, 1.54) is 0 Å². The zero-order valence-electron chi connectivity index (χ0n) is 11.0. The van der Waals surface area contributed by atoms with Gasteiger partial charge in [-0.3, -0.25) is 4.99 Å². The number of hydrogen-bond donors (Lipinski definition) is 2. The van der Waals surface area contributed by atoms with Crippen molar-refractivity contribution in [1.29, 1.82) is 0 Å². The third-order valence-corrected chi connectivity index (χ3v) is 2.41. The molecular weight excluding hydrogens is 317 g/mol. The van der Waals surface area contributed by atoms with Gasteiger partial charge < -0.3 is 15.4 Å². The predicted molar refractivity (Wildman–Crippen MR) is 80.7 cm³/mol. The summed E-state index contributed by atoms with van der Waals surface area (Å²) in [5, 5.41) is 6.59. The Morgan fingerprint density at radius 2 is 1.94 bits per heavy atom. The van der Waals surface area contributed by atoms with Crippen molar-refractivity contribution in [2.45, 2.75) is 33.2 Å². The van der Waals surface area contributed by atoms with Crippen LogP contribution in [0.1, 0.15) is 27.2 Å². The van der Waals surface area contributed by atoms with Crippen molar-refractivity contribution in [3.05, 3.63) is 0 Å². The summed E-state index contributed by atoms with van der Waals surface area (Å²) in [5.74, 6) is 1.47. The molecule has 0 aliphatic carbocycles. The van der Waals surface area contributed by atoms with Gasteiger partial charge in [0.25, 0.3) is 0 Å². The number of rotatable bonds is 6. The van der Waals surface area contributed by atoms with Gasteiger partial charge in [0.05, 0.1) is 0 Å². The fraction of sp³-hybridized carbons (Fsp3) is 0.909. The Labute approximate surface area is 117 Å². The Bertz CT molecular complexity index is 186. The van der Waals surface area contributed by atoms with Crippen LogP contribution in [0, 0.1) is 5.92 Å². The van der Waals surface area contributed by atoms with Gasteiger partial charge in [-0.2, -0.15) is 0 Å². The van der Waals surface area contributed by atoms with E-state index in [0.717, 1.165) is 25.5 Å². The number of methoxy groups -OCH3 is 1. The highest BCUT2D eigenvalue weighted by Gasteiger charge is 2.07. The summed E-state index contributed by atoms with van der Waals surface area (Å²) >= 11 is 0. The Balaban J connectivity index is 0. The average Bonchev–Trinajstić information content (AvgIpc) is 2.22. The van der Waals surface area contributed by atoms with Gasteiger partial charge in [-0.15, -0.1) is 24.0 Å². The summed E-state index contributed by atoms with van der Waals surface area (Å²) in [6.45, 7) is 8.21. The highest BCUT2D eigenvalue weighted by molar-refractivity contribution is 14.0. The lowest BCUT2D eigenvalue weighted by Gasteiger charge is -2.20. The molecule has 0 aromatic rings. The van der Waals surface area contributed by atoms with Crippen LogP contribution in [0.4, 0.5) is 0 Å². The van der Waals surface area contributed by atoms with E-state index >= 15 is 0 Å². The first-order valence-corrected chi connectivity index (χ1v) is 5.58. The summed E-state index contributed by atoms with van der Waals surface area (Å²) < 4.78 is 4.98. The molecule has 0 rings (SSSR count). The SMILES string of the molecule is CN=C(NCCCOC)NC(C)C(C)C.I. The molecule has 0 aliphatic rings. The number of nitrogens with zero attached hydrogens (tertiary/aromatic N) is 1. The van der Waals surface area contributed by atoms with E-state index in [-0.39, 0.29) is 24.0 Å². The van der Waals surface area contributed by atoms with Crippen LogP contribution in [0.3, 0.4) is 0 Å². The normalized spacial score (nSPS) is 13.2. The number of halogens is 1. The molecule has 0 amide bonds. The zero-order chi connectivity index (χ0) is 11.7. The molecule has 2 N–H and O–H groups in total. The van der Waals surface area contributed by atoms with E-state index in [2.05, 4.69) is 36.4 Å². The van der Waals surface area contributed by atoms with E-state index in [0.29, 0.717) is 12.0 Å². The highest BCUT2D eigenvalue weighted by Crippen LogP contribution is 1.98. The number of guanidine groups is 1. The molecule has 0 saturated heterocycles. The van der Waals surface area contributed by atoms with Gasteiger partial charge in [-0.05, 0) is 19.3 Å². The van der Waals surface area contributed by atoms with Crippen LogP contribution >= 0.6 is 24.0 Å². The van der Waals surface area contributed by atoms with Crippen LogP contribution in [-0.2, 0) is 4.74 Å². The molecule has 0 radical (unpaired) electrons. The standard InChI is InChI=1S/C11H25N3O.HI/c1-9(2)10(3)14-11(12-4)13-7-6-8-15-5;/h9-10H,6-8H2,1-5H3,(H2,12,13,14);1H. The molecule has 0 bridgehead atoms. The largest absolute Gasteiger partial charge is 0.385 e. The van der Waals surface area contributed by atoms with Crippen LogP contribution in [-0.4, -0.2) is 39.3 Å². The summed E-state index contributed by atoms with van der Waals surface area (Å²) in [5.41, 5.74) is 0. The van der Waals surface area contributed by atoms with Crippen molar-refractivity contribution in [3.8, 4) is 0 Å². The van der Waals surface area contributed by atoms with Crippen molar-refractivity contribution >= 4 is 29.9 Å². The van der Waals surface area contributed by atoms with Crippen LogP contribution in [0.5, 0.6) is 0 Å². The van der Waals surface area contributed by atoms with Crippen molar-refractivity contribution in [2.24, 2.45) is 10.9 Å². The van der Waals surface area contributed by atoms with Crippen LogP contribution < -0.4 is 10.6 Å². The fourth-order valence-corrected chi connectivity index (χ4v) is 1.00. The summed E-state index contributed by atoms with van der Waals surface area (Å²) in [7, 11) is 3.51. The van der Waals surface area contributed by atoms with E-state index in [1.807, 2.05) is 0 Å². The Hall–Kier alpha value is -0.0400. The van der Waals surface area contributed by atoms with Gasteiger partial charge in [0.2, 0.25) is 0 Å². The third-order valence-electron chi connectivity index (χ3n) is 2.41. The van der Waals surface area contributed by atoms with E-state index in [1.54, 1.807) is 14.2 Å². The van der Waals surface area contributed by atoms with Crippen molar-refractivity contribution in [3.63, 3.8) is 0 Å². The lowest BCUT2D eigenvalue weighted by atomic mass is 10.1. The predicted octanol–water partition coefficient (Wildman–Crippen LogP) is 1.85. The van der Waals surface area contributed by atoms with Crippen molar-refractivity contribution < 1.29 is 4.74 Å². The summed E-state index contributed by atoms with van der Waals surface area (Å²) in [4.78, 5) is 4.16. The maximum atomic E-state index is 4.98. The average molecular weight is 343 g/mol. The summed E-state index contributed by atoms with van der Waals surface area (Å²) in [6.07, 6.45) is 0.993. The lowest BCUT2D eigenvalue weighted by molar-refractivity contribution is 0.195. The van der Waals surface area contributed by atoms with Gasteiger partial charge in [-0.1, -0.05) is 13.8 Å². The molecule has 0 aliphatic heterocycles. The molecule has 98 valence electrons. The number of nitrogens with one attached hydrogen (secondary N) is 2. The molecular formula is C11H26IN3O. The van der Waals surface area contributed by atoms with Crippen molar-refractivity contribution in [1.82, 2.24) is 10.6 Å². The maximum Gasteiger partial charge on any atom is 0.191 e. The quantitative estimate of drug-likeness (QED) is 0.335. The minimum atomic E-state index is 0. The van der Waals surface area contributed by atoms with Gasteiger partial charge in [0.1, 0.15) is 0 Å². The fourth-order valence-electron chi connectivity index (χ4n) is 1.00. The second-order valence-electron chi connectivity index (χ2n) is 4.02. The second kappa shape index (κ2) is 11.4. The van der Waals surface area contributed by atoms with Gasteiger partial charge >= 0.3 is 0 Å². The van der Waals surface area contributed by atoms with Crippen molar-refractivity contribution in [2.75, 3.05) is 27.3 Å². The smallest absolute Gasteiger partial charge is 0.191 e. The second-order valence-corrected chi connectivity index (χ2v) is 4.02. The highest BCUT2D eigenvalue weighted by atomic mass is 127. The third kappa shape index (κ3) is 9.21. The molecule has 4 nitrogen and oxygen atoms in total. The van der Waals surface area contributed by atoms with Crippen LogP contribution in [0.2, 0.25) is 0 Å². The van der Waals surface area contributed by atoms with Crippen LogP contribution in [0.15, 0.2) is 4.99 Å². The first kappa shape index (κ1) is 18.3. The monoisotopic (exact) mass is 343 g/mol. The molecule has 0 aromatic carbocycles. The minimum Gasteiger partial charge on any atom is -0.385 e. The number of aliphatic imine (C=N–C) groups is 1. The molecule has 0 aromatic heterocycles. The number of ether oxygens (including phenoxy) is 1.